The van der Waals surface area contributed by atoms with E-state index < -0.39 is 5.97 Å². The second kappa shape index (κ2) is 6.08. The first-order valence-electron chi connectivity index (χ1n) is 5.80. The van der Waals surface area contributed by atoms with Gasteiger partial charge in [0.05, 0.1) is 0 Å². The van der Waals surface area contributed by atoms with Gasteiger partial charge in [-0.25, -0.2) is 0 Å². The van der Waals surface area contributed by atoms with Crippen molar-refractivity contribution in [1.29, 1.82) is 0 Å². The summed E-state index contributed by atoms with van der Waals surface area (Å²) in [6.07, 6.45) is 2.82. The highest BCUT2D eigenvalue weighted by molar-refractivity contribution is 5.73. The molecule has 88 valence electrons. The second-order valence-corrected chi connectivity index (χ2v) is 4.35. The van der Waals surface area contributed by atoms with Gasteiger partial charge in [0.1, 0.15) is 6.04 Å². The minimum Gasteiger partial charge on any atom is -0.480 e. The molecule has 0 aliphatic carbocycles. The predicted molar refractivity (Wildman–Crippen MR) is 59.9 cm³/mol. The fourth-order valence-corrected chi connectivity index (χ4v) is 2.34. The van der Waals surface area contributed by atoms with E-state index in [1.54, 1.807) is 0 Å². The van der Waals surface area contributed by atoms with Crippen molar-refractivity contribution in [3.05, 3.63) is 0 Å². The summed E-state index contributed by atoms with van der Waals surface area (Å²) in [7, 11) is 1.95. The predicted octanol–water partition coefficient (Wildman–Crippen LogP) is 0.781. The van der Waals surface area contributed by atoms with Gasteiger partial charge in [0, 0.05) is 6.54 Å². The largest absolute Gasteiger partial charge is 0.480 e. The van der Waals surface area contributed by atoms with Crippen molar-refractivity contribution >= 4 is 5.97 Å². The fraction of sp³-hybridized carbons (Fsp3) is 0.909. The normalized spacial score (nSPS) is 24.3. The fourth-order valence-electron chi connectivity index (χ4n) is 2.34. The SMILES string of the molecule is CCCC(C(=O)O)N1CCC(CNC)C1. The van der Waals surface area contributed by atoms with E-state index in [1.165, 1.54) is 0 Å². The zero-order chi connectivity index (χ0) is 11.3. The van der Waals surface area contributed by atoms with Crippen LogP contribution in [0.2, 0.25) is 0 Å². The van der Waals surface area contributed by atoms with E-state index in [1.807, 2.05) is 14.0 Å². The van der Waals surface area contributed by atoms with E-state index in [2.05, 4.69) is 10.2 Å². The average Bonchev–Trinajstić information content (AvgIpc) is 2.62. The molecule has 1 saturated heterocycles. The van der Waals surface area contributed by atoms with Gasteiger partial charge in [0.25, 0.3) is 0 Å². The molecule has 2 unspecified atom stereocenters. The Labute approximate surface area is 91.6 Å². The van der Waals surface area contributed by atoms with Gasteiger partial charge in [-0.15, -0.1) is 0 Å². The molecule has 0 radical (unpaired) electrons. The van der Waals surface area contributed by atoms with Gasteiger partial charge in [-0.1, -0.05) is 13.3 Å². The van der Waals surface area contributed by atoms with E-state index in [4.69, 9.17) is 5.11 Å². The van der Waals surface area contributed by atoms with E-state index >= 15 is 0 Å². The van der Waals surface area contributed by atoms with E-state index in [9.17, 15) is 4.79 Å². The Morgan fingerprint density at radius 1 is 1.67 bits per heavy atom. The average molecular weight is 214 g/mol. The third kappa shape index (κ3) is 3.47. The number of aliphatic carboxylic acids is 1. The summed E-state index contributed by atoms with van der Waals surface area (Å²) < 4.78 is 0. The Kier molecular flexibility index (Phi) is 5.05. The minimum atomic E-state index is -0.665. The topological polar surface area (TPSA) is 52.6 Å². The summed E-state index contributed by atoms with van der Waals surface area (Å²) in [5.74, 6) is -0.0457. The lowest BCUT2D eigenvalue weighted by Crippen LogP contribution is -2.40. The number of carboxylic acids is 1. The molecule has 1 rings (SSSR count). The number of nitrogens with zero attached hydrogens (tertiary/aromatic N) is 1. The molecule has 0 bridgehead atoms. The molecule has 4 heteroatoms. The molecule has 4 nitrogen and oxygen atoms in total. The Morgan fingerprint density at radius 2 is 2.40 bits per heavy atom. The molecule has 0 aromatic carbocycles. The molecular formula is C11H22N2O2. The summed E-state index contributed by atoms with van der Waals surface area (Å²) in [5.41, 5.74) is 0. The maximum Gasteiger partial charge on any atom is 0.320 e. The zero-order valence-electron chi connectivity index (χ0n) is 9.70. The molecule has 0 spiro atoms. The Hall–Kier alpha value is -0.610. The van der Waals surface area contributed by atoms with E-state index in [0.717, 1.165) is 38.9 Å². The molecule has 0 amide bonds. The van der Waals surface area contributed by atoms with E-state index in [-0.39, 0.29) is 6.04 Å². The molecule has 1 aliphatic heterocycles. The number of likely N-dealkylation sites (tertiary alicyclic amines) is 1. The van der Waals surface area contributed by atoms with Crippen LogP contribution in [0.3, 0.4) is 0 Å². The van der Waals surface area contributed by atoms with Crippen LogP contribution in [0.1, 0.15) is 26.2 Å². The standard InChI is InChI=1S/C11H22N2O2/c1-3-4-10(11(14)15)13-6-5-9(8-13)7-12-2/h9-10,12H,3-8H2,1-2H3,(H,14,15). The summed E-state index contributed by atoms with van der Waals surface area (Å²) in [6, 6.07) is -0.267. The highest BCUT2D eigenvalue weighted by atomic mass is 16.4. The maximum atomic E-state index is 11.1. The van der Waals surface area contributed by atoms with Gasteiger partial charge in [-0.05, 0) is 38.9 Å². The quantitative estimate of drug-likeness (QED) is 0.686. The number of carbonyl (C=O) groups is 1. The van der Waals surface area contributed by atoms with Crippen LogP contribution in [-0.4, -0.2) is 48.7 Å². The molecule has 1 fully saturated rings. The molecule has 1 heterocycles. The van der Waals surface area contributed by atoms with Crippen LogP contribution in [0.25, 0.3) is 0 Å². The van der Waals surface area contributed by atoms with Gasteiger partial charge >= 0.3 is 5.97 Å². The summed E-state index contributed by atoms with van der Waals surface area (Å²) in [6.45, 7) is 4.90. The highest BCUT2D eigenvalue weighted by Gasteiger charge is 2.31. The molecule has 2 N–H and O–H groups in total. The van der Waals surface area contributed by atoms with Gasteiger partial charge in [0.15, 0.2) is 0 Å². The first-order chi connectivity index (χ1) is 7.19. The third-order valence-corrected chi connectivity index (χ3v) is 3.10. The Morgan fingerprint density at radius 3 is 2.93 bits per heavy atom. The minimum absolute atomic E-state index is 0.267. The number of hydrogen-bond acceptors (Lipinski definition) is 3. The van der Waals surface area contributed by atoms with Crippen molar-refractivity contribution in [3.8, 4) is 0 Å². The van der Waals surface area contributed by atoms with Crippen LogP contribution in [0.4, 0.5) is 0 Å². The number of rotatable bonds is 6. The van der Waals surface area contributed by atoms with Gasteiger partial charge in [-0.2, -0.15) is 0 Å². The third-order valence-electron chi connectivity index (χ3n) is 3.10. The Bertz CT molecular complexity index is 209. The van der Waals surface area contributed by atoms with Crippen LogP contribution >= 0.6 is 0 Å². The van der Waals surface area contributed by atoms with Crippen molar-refractivity contribution < 1.29 is 9.90 Å². The zero-order valence-corrected chi connectivity index (χ0v) is 9.70. The lowest BCUT2D eigenvalue weighted by molar-refractivity contribution is -0.143. The van der Waals surface area contributed by atoms with Gasteiger partial charge in [-0.3, -0.25) is 9.69 Å². The highest BCUT2D eigenvalue weighted by Crippen LogP contribution is 2.20. The van der Waals surface area contributed by atoms with Crippen LogP contribution in [0, 0.1) is 5.92 Å². The van der Waals surface area contributed by atoms with Gasteiger partial charge in [0.2, 0.25) is 0 Å². The number of nitrogens with one attached hydrogen (secondary N) is 1. The first-order valence-corrected chi connectivity index (χ1v) is 5.80. The molecule has 0 saturated carbocycles. The summed E-state index contributed by atoms with van der Waals surface area (Å²) in [5, 5.41) is 12.3. The maximum absolute atomic E-state index is 11.1. The van der Waals surface area contributed by atoms with Gasteiger partial charge < -0.3 is 10.4 Å². The molecule has 0 aromatic rings. The molecule has 0 aromatic heterocycles. The number of carboxylic acid groups (broad SMARTS) is 1. The van der Waals surface area contributed by atoms with Crippen molar-refractivity contribution in [1.82, 2.24) is 10.2 Å². The van der Waals surface area contributed by atoms with Crippen molar-refractivity contribution in [2.24, 2.45) is 5.92 Å². The second-order valence-electron chi connectivity index (χ2n) is 4.35. The van der Waals surface area contributed by atoms with E-state index in [0.29, 0.717) is 5.92 Å². The molecular weight excluding hydrogens is 192 g/mol. The van der Waals surface area contributed by atoms with Crippen LogP contribution in [-0.2, 0) is 4.79 Å². The molecule has 15 heavy (non-hydrogen) atoms. The molecule has 1 aliphatic rings. The van der Waals surface area contributed by atoms with Crippen LogP contribution in [0.15, 0.2) is 0 Å². The monoisotopic (exact) mass is 214 g/mol. The Balaban J connectivity index is 2.45. The van der Waals surface area contributed by atoms with Crippen molar-refractivity contribution in [2.45, 2.75) is 32.2 Å². The summed E-state index contributed by atoms with van der Waals surface area (Å²) in [4.78, 5) is 13.2. The first kappa shape index (κ1) is 12.5. The summed E-state index contributed by atoms with van der Waals surface area (Å²) >= 11 is 0. The van der Waals surface area contributed by atoms with Crippen molar-refractivity contribution in [2.75, 3.05) is 26.7 Å². The smallest absolute Gasteiger partial charge is 0.320 e. The van der Waals surface area contributed by atoms with Crippen LogP contribution in [0.5, 0.6) is 0 Å². The van der Waals surface area contributed by atoms with Crippen LogP contribution < -0.4 is 5.32 Å². The molecule has 2 atom stereocenters. The number of hydrogen-bond donors (Lipinski definition) is 2. The van der Waals surface area contributed by atoms with Crippen molar-refractivity contribution in [3.63, 3.8) is 0 Å². The lowest BCUT2D eigenvalue weighted by atomic mass is 10.1. The lowest BCUT2D eigenvalue weighted by Gasteiger charge is -2.23.